The van der Waals surface area contributed by atoms with E-state index in [4.69, 9.17) is 0 Å². The van der Waals surface area contributed by atoms with E-state index >= 15 is 0 Å². The summed E-state index contributed by atoms with van der Waals surface area (Å²) in [5, 5.41) is 0. The van der Waals surface area contributed by atoms with Gasteiger partial charge in [0.15, 0.2) is 0 Å². The molecule has 0 aromatic carbocycles. The lowest BCUT2D eigenvalue weighted by Crippen LogP contribution is -2.19. The average Bonchev–Trinajstić information content (AvgIpc) is 1.59. The van der Waals surface area contributed by atoms with Gasteiger partial charge in [-0.2, -0.15) is 0 Å². The van der Waals surface area contributed by atoms with Crippen LogP contribution in [0.5, 0.6) is 0 Å². The zero-order valence-electron chi connectivity index (χ0n) is 7.36. The zero-order chi connectivity index (χ0) is 7.49. The van der Waals surface area contributed by atoms with E-state index in [0.717, 1.165) is 5.92 Å². The Bertz CT molecular complexity index is 69.1. The van der Waals surface area contributed by atoms with Gasteiger partial charge in [-0.1, -0.05) is 19.6 Å². The van der Waals surface area contributed by atoms with Crippen LogP contribution >= 0.6 is 0 Å². The molecule has 1 heteroatoms. The second kappa shape index (κ2) is 3.30. The van der Waals surface area contributed by atoms with E-state index in [1.54, 1.807) is 0 Å². The van der Waals surface area contributed by atoms with Crippen LogP contribution in [0.1, 0.15) is 13.8 Å². The van der Waals surface area contributed by atoms with Gasteiger partial charge >= 0.3 is 0 Å². The van der Waals surface area contributed by atoms with Crippen LogP contribution in [0.15, 0.2) is 0 Å². The average molecular weight is 143 g/mol. The minimum absolute atomic E-state index is 0.775. The van der Waals surface area contributed by atoms with Gasteiger partial charge in [0, 0.05) is 0 Å². The molecule has 0 fully saturated rings. The van der Waals surface area contributed by atoms with Crippen molar-refractivity contribution in [3.05, 3.63) is 6.42 Å². The van der Waals surface area contributed by atoms with Gasteiger partial charge < -0.3 is 0 Å². The molecule has 0 N–H and O–H groups in total. The van der Waals surface area contributed by atoms with Crippen LogP contribution in [0.2, 0.25) is 25.7 Å². The maximum Gasteiger partial charge on any atom is 0.0980 e. The van der Waals surface area contributed by atoms with E-state index in [0.29, 0.717) is 0 Å². The summed E-state index contributed by atoms with van der Waals surface area (Å²) in [7, 11) is -0.776. The summed E-state index contributed by atoms with van der Waals surface area (Å²) in [5.41, 5.74) is 0. The Labute approximate surface area is 60.7 Å². The normalized spacial score (nSPS) is 12.2. The van der Waals surface area contributed by atoms with Crippen molar-refractivity contribution in [1.29, 1.82) is 0 Å². The maximum atomic E-state index is 2.44. The monoisotopic (exact) mass is 143 g/mol. The molecule has 0 rings (SSSR count). The number of hydrogen-bond acceptors (Lipinski definition) is 0. The quantitative estimate of drug-likeness (QED) is 0.420. The summed E-state index contributed by atoms with van der Waals surface area (Å²) >= 11 is 0. The Balaban J connectivity index is 3.28. The Kier molecular flexibility index (Phi) is 3.34. The van der Waals surface area contributed by atoms with E-state index in [-0.39, 0.29) is 0 Å². The molecule has 9 heavy (non-hydrogen) atoms. The maximum absolute atomic E-state index is 2.44. The predicted octanol–water partition coefficient (Wildman–Crippen LogP) is 3.18. The second-order valence-electron chi connectivity index (χ2n) is 4.24. The summed E-state index contributed by atoms with van der Waals surface area (Å²) < 4.78 is 0. The van der Waals surface area contributed by atoms with Gasteiger partial charge in [0.2, 0.25) is 0 Å². The lowest BCUT2D eigenvalue weighted by molar-refractivity contribution is 0.757. The molecule has 0 saturated heterocycles. The molecule has 0 bridgehead atoms. The Morgan fingerprint density at radius 1 is 1.22 bits per heavy atom. The van der Waals surface area contributed by atoms with Gasteiger partial charge in [0.25, 0.3) is 0 Å². The highest BCUT2D eigenvalue weighted by Crippen LogP contribution is 2.14. The first kappa shape index (κ1) is 9.09. The molecular weight excluding hydrogens is 124 g/mol. The fourth-order valence-corrected chi connectivity index (χ4v) is 1.77. The van der Waals surface area contributed by atoms with Gasteiger partial charge in [-0.05, 0) is 13.8 Å². The largest absolute Gasteiger partial charge is 0.0980 e. The molecule has 0 aromatic heterocycles. The second-order valence-corrected chi connectivity index (χ2v) is 9.77. The first-order valence-electron chi connectivity index (χ1n) is 3.75. The van der Waals surface area contributed by atoms with Crippen molar-refractivity contribution in [3.8, 4) is 0 Å². The number of rotatable bonds is 3. The standard InChI is InChI=1S/C8H19Si/c1-8(2)6-7-9(3,4)5/h6,8H,7H2,1-5H3/q+1. The molecule has 0 saturated carbocycles. The van der Waals surface area contributed by atoms with Gasteiger partial charge in [0.1, 0.15) is 0 Å². The topological polar surface area (TPSA) is 0 Å². The van der Waals surface area contributed by atoms with E-state index in [1.807, 2.05) is 0 Å². The first-order chi connectivity index (χ1) is 3.92. The van der Waals surface area contributed by atoms with Crippen LogP contribution in [0, 0.1) is 12.3 Å². The van der Waals surface area contributed by atoms with Crippen LogP contribution < -0.4 is 0 Å². The minimum Gasteiger partial charge on any atom is -0.0657 e. The highest BCUT2D eigenvalue weighted by molar-refractivity contribution is 6.76. The third-order valence-electron chi connectivity index (χ3n) is 1.20. The molecule has 0 aliphatic rings. The fraction of sp³-hybridized carbons (Fsp3) is 0.875. The van der Waals surface area contributed by atoms with Crippen molar-refractivity contribution in [3.63, 3.8) is 0 Å². The summed E-state index contributed by atoms with van der Waals surface area (Å²) in [6.45, 7) is 11.7. The van der Waals surface area contributed by atoms with E-state index in [2.05, 4.69) is 39.9 Å². The third-order valence-corrected chi connectivity index (χ3v) is 2.66. The molecule has 0 nitrogen and oxygen atoms in total. The molecule has 0 aromatic rings. The van der Waals surface area contributed by atoms with Crippen LogP contribution in [-0.2, 0) is 0 Å². The van der Waals surface area contributed by atoms with Crippen LogP contribution in [0.3, 0.4) is 0 Å². The molecule has 0 radical (unpaired) electrons. The van der Waals surface area contributed by atoms with Crippen LogP contribution in [0.4, 0.5) is 0 Å². The summed E-state index contributed by atoms with van der Waals surface area (Å²) in [4.78, 5) is 0. The lowest BCUT2D eigenvalue weighted by atomic mass is 10.2. The molecule has 0 amide bonds. The summed E-state index contributed by atoms with van der Waals surface area (Å²) in [5.74, 6) is 0.775. The third kappa shape index (κ3) is 8.09. The molecule has 0 aliphatic heterocycles. The van der Waals surface area contributed by atoms with Crippen molar-refractivity contribution >= 4 is 8.07 Å². The van der Waals surface area contributed by atoms with E-state index in [9.17, 15) is 0 Å². The molecule has 0 heterocycles. The fourth-order valence-electron chi connectivity index (χ4n) is 0.589. The van der Waals surface area contributed by atoms with E-state index in [1.165, 1.54) is 6.04 Å². The molecular formula is C8H19Si+. The molecule has 0 spiro atoms. The highest BCUT2D eigenvalue weighted by atomic mass is 28.3. The Hall–Kier alpha value is 0.0869. The highest BCUT2D eigenvalue weighted by Gasteiger charge is 2.19. The summed E-state index contributed by atoms with van der Waals surface area (Å²) in [6, 6.07) is 1.37. The van der Waals surface area contributed by atoms with Gasteiger partial charge in [0.05, 0.1) is 26.5 Å². The van der Waals surface area contributed by atoms with Crippen LogP contribution in [0.25, 0.3) is 0 Å². The lowest BCUT2D eigenvalue weighted by Gasteiger charge is -2.09. The zero-order valence-corrected chi connectivity index (χ0v) is 8.36. The van der Waals surface area contributed by atoms with Gasteiger partial charge in [-0.3, -0.25) is 0 Å². The molecule has 0 atom stereocenters. The summed E-state index contributed by atoms with van der Waals surface area (Å²) in [6.07, 6.45) is 2.44. The van der Waals surface area contributed by atoms with E-state index < -0.39 is 8.07 Å². The smallest absolute Gasteiger partial charge is 0.0657 e. The Morgan fingerprint density at radius 3 is 1.78 bits per heavy atom. The minimum atomic E-state index is -0.776. The molecule has 54 valence electrons. The predicted molar refractivity (Wildman–Crippen MR) is 47.3 cm³/mol. The van der Waals surface area contributed by atoms with Gasteiger partial charge in [-0.15, -0.1) is 0 Å². The number of hydrogen-bond donors (Lipinski definition) is 0. The Morgan fingerprint density at radius 2 is 1.67 bits per heavy atom. The first-order valence-corrected chi connectivity index (χ1v) is 7.46. The van der Waals surface area contributed by atoms with Crippen molar-refractivity contribution in [2.75, 3.05) is 0 Å². The van der Waals surface area contributed by atoms with Gasteiger partial charge in [-0.25, -0.2) is 0 Å². The van der Waals surface area contributed by atoms with Crippen LogP contribution in [-0.4, -0.2) is 8.07 Å². The van der Waals surface area contributed by atoms with Crippen molar-refractivity contribution in [1.82, 2.24) is 0 Å². The molecule has 0 unspecified atom stereocenters. The SMILES string of the molecule is CC(C)[CH+]C[Si](C)(C)C. The molecule has 0 aliphatic carbocycles. The van der Waals surface area contributed by atoms with Crippen molar-refractivity contribution in [2.45, 2.75) is 39.5 Å². The van der Waals surface area contributed by atoms with Crippen molar-refractivity contribution < 1.29 is 0 Å². The van der Waals surface area contributed by atoms with Crippen molar-refractivity contribution in [2.24, 2.45) is 5.92 Å².